The van der Waals surface area contributed by atoms with Crippen molar-refractivity contribution in [2.45, 2.75) is 32.6 Å². The zero-order valence-electron chi connectivity index (χ0n) is 8.42. The molecule has 0 aliphatic heterocycles. The molecular weight excluding hydrogens is 287 g/mol. The van der Waals surface area contributed by atoms with Crippen LogP contribution < -0.4 is 0 Å². The van der Waals surface area contributed by atoms with Gasteiger partial charge in [0.1, 0.15) is 5.78 Å². The van der Waals surface area contributed by atoms with Crippen LogP contribution in [0.4, 0.5) is 0 Å². The summed E-state index contributed by atoms with van der Waals surface area (Å²) in [4.78, 5) is 11.1. The molecule has 0 radical (unpaired) electrons. The maximum Gasteiger partial charge on any atom is 0.132 e. The molecule has 0 aromatic heterocycles. The van der Waals surface area contributed by atoms with E-state index in [9.17, 15) is 4.79 Å². The largest absolute Gasteiger partial charge is 0.300 e. The van der Waals surface area contributed by atoms with Crippen LogP contribution in [0.2, 0.25) is 0 Å². The van der Waals surface area contributed by atoms with E-state index in [2.05, 4.69) is 40.8 Å². The molecule has 1 nitrogen and oxygen atoms in total. The van der Waals surface area contributed by atoms with Gasteiger partial charge in [0.2, 0.25) is 0 Å². The van der Waals surface area contributed by atoms with Gasteiger partial charge in [-0.1, -0.05) is 25.1 Å². The highest BCUT2D eigenvalue weighted by Crippen LogP contribution is 2.14. The highest BCUT2D eigenvalue weighted by molar-refractivity contribution is 14.1. The number of Topliss-reactive ketones (excluding diaryl/α,β-unsaturated/α-hetero) is 1. The summed E-state index contributed by atoms with van der Waals surface area (Å²) in [5.41, 5.74) is 1.36. The van der Waals surface area contributed by atoms with Crippen molar-refractivity contribution in [1.29, 1.82) is 0 Å². The van der Waals surface area contributed by atoms with Gasteiger partial charge in [0.05, 0.1) is 0 Å². The van der Waals surface area contributed by atoms with Crippen molar-refractivity contribution in [3.63, 3.8) is 0 Å². The Balaban J connectivity index is 2.39. The number of rotatable bonds is 5. The Morgan fingerprint density at radius 2 is 2.07 bits per heavy atom. The predicted octanol–water partition coefficient (Wildman–Crippen LogP) is 3.59. The second kappa shape index (κ2) is 6.17. The summed E-state index contributed by atoms with van der Waals surface area (Å²) < 4.78 is 1.30. The third kappa shape index (κ3) is 3.78. The Bertz CT molecular complexity index is 307. The van der Waals surface area contributed by atoms with E-state index in [4.69, 9.17) is 0 Å². The van der Waals surface area contributed by atoms with E-state index in [1.807, 2.05) is 13.0 Å². The van der Waals surface area contributed by atoms with Crippen LogP contribution in [0.25, 0.3) is 0 Å². The first kappa shape index (κ1) is 11.7. The fourth-order valence-corrected chi connectivity index (χ4v) is 2.01. The summed E-state index contributed by atoms with van der Waals surface area (Å²) in [6, 6.07) is 8.34. The molecule has 0 saturated carbocycles. The summed E-state index contributed by atoms with van der Waals surface area (Å²) in [6.07, 6.45) is 3.39. The van der Waals surface area contributed by atoms with Crippen LogP contribution in [0, 0.1) is 3.57 Å². The summed E-state index contributed by atoms with van der Waals surface area (Å²) in [5.74, 6) is 0.371. The molecule has 2 heteroatoms. The quantitative estimate of drug-likeness (QED) is 0.760. The van der Waals surface area contributed by atoms with E-state index in [1.54, 1.807) is 0 Å². The molecule has 0 bridgehead atoms. The van der Waals surface area contributed by atoms with Gasteiger partial charge >= 0.3 is 0 Å². The monoisotopic (exact) mass is 302 g/mol. The molecule has 1 aromatic rings. The standard InChI is InChI=1S/C12H15IO/c1-2-11(14)8-5-7-10-6-3-4-9-12(10)13/h3-4,6,9H,2,5,7-8H2,1H3. The molecule has 0 unspecified atom stereocenters. The number of ketones is 1. The first-order valence-corrected chi connectivity index (χ1v) is 6.07. The van der Waals surface area contributed by atoms with Crippen molar-refractivity contribution < 1.29 is 4.79 Å². The first-order chi connectivity index (χ1) is 6.74. The van der Waals surface area contributed by atoms with Gasteiger partial charge in [0.15, 0.2) is 0 Å². The van der Waals surface area contributed by atoms with Gasteiger partial charge in [-0.3, -0.25) is 4.79 Å². The molecule has 0 saturated heterocycles. The molecule has 14 heavy (non-hydrogen) atoms. The van der Waals surface area contributed by atoms with Gasteiger partial charge < -0.3 is 0 Å². The zero-order chi connectivity index (χ0) is 10.4. The Kier molecular flexibility index (Phi) is 5.15. The fraction of sp³-hybridized carbons (Fsp3) is 0.417. The fourth-order valence-electron chi connectivity index (χ4n) is 1.35. The molecular formula is C12H15IO. The van der Waals surface area contributed by atoms with Crippen LogP contribution in [-0.2, 0) is 11.2 Å². The van der Waals surface area contributed by atoms with Crippen LogP contribution >= 0.6 is 22.6 Å². The minimum Gasteiger partial charge on any atom is -0.300 e. The molecule has 0 heterocycles. The number of carbonyl (C=O) groups is 1. The minimum atomic E-state index is 0.371. The summed E-state index contributed by atoms with van der Waals surface area (Å²) in [7, 11) is 0. The maximum atomic E-state index is 11.1. The summed E-state index contributed by atoms with van der Waals surface area (Å²) in [5, 5.41) is 0. The molecule has 1 aromatic carbocycles. The normalized spacial score (nSPS) is 10.1. The third-order valence-corrected chi connectivity index (χ3v) is 3.31. The molecule has 0 amide bonds. The van der Waals surface area contributed by atoms with Crippen molar-refractivity contribution in [3.8, 4) is 0 Å². The minimum absolute atomic E-state index is 0.371. The van der Waals surface area contributed by atoms with E-state index >= 15 is 0 Å². The lowest BCUT2D eigenvalue weighted by Crippen LogP contribution is -1.97. The highest BCUT2D eigenvalue weighted by atomic mass is 127. The zero-order valence-corrected chi connectivity index (χ0v) is 10.6. The highest BCUT2D eigenvalue weighted by Gasteiger charge is 2.01. The van der Waals surface area contributed by atoms with E-state index in [-0.39, 0.29) is 0 Å². The van der Waals surface area contributed by atoms with E-state index in [0.717, 1.165) is 19.3 Å². The van der Waals surface area contributed by atoms with Crippen molar-refractivity contribution >= 4 is 28.4 Å². The van der Waals surface area contributed by atoms with Gasteiger partial charge in [0.25, 0.3) is 0 Å². The molecule has 0 atom stereocenters. The van der Waals surface area contributed by atoms with E-state index in [0.29, 0.717) is 12.2 Å². The number of aryl methyl sites for hydroxylation is 1. The molecule has 76 valence electrons. The van der Waals surface area contributed by atoms with E-state index < -0.39 is 0 Å². The lowest BCUT2D eigenvalue weighted by atomic mass is 10.1. The lowest BCUT2D eigenvalue weighted by Gasteiger charge is -2.02. The molecule has 0 spiro atoms. The van der Waals surface area contributed by atoms with Gasteiger partial charge in [0, 0.05) is 16.4 Å². The number of benzene rings is 1. The Morgan fingerprint density at radius 1 is 1.36 bits per heavy atom. The SMILES string of the molecule is CCC(=O)CCCc1ccccc1I. The van der Waals surface area contributed by atoms with Crippen molar-refractivity contribution in [2.24, 2.45) is 0 Å². The van der Waals surface area contributed by atoms with Crippen LogP contribution in [0.3, 0.4) is 0 Å². The third-order valence-electron chi connectivity index (χ3n) is 2.25. The lowest BCUT2D eigenvalue weighted by molar-refractivity contribution is -0.118. The molecule has 0 N–H and O–H groups in total. The van der Waals surface area contributed by atoms with Crippen LogP contribution in [0.1, 0.15) is 31.7 Å². The number of hydrogen-bond acceptors (Lipinski definition) is 1. The van der Waals surface area contributed by atoms with Crippen molar-refractivity contribution in [2.75, 3.05) is 0 Å². The van der Waals surface area contributed by atoms with E-state index in [1.165, 1.54) is 9.13 Å². The number of carbonyl (C=O) groups excluding carboxylic acids is 1. The average Bonchev–Trinajstić information content (AvgIpc) is 2.20. The average molecular weight is 302 g/mol. The molecule has 0 aliphatic carbocycles. The first-order valence-electron chi connectivity index (χ1n) is 4.99. The molecule has 0 fully saturated rings. The molecule has 1 rings (SSSR count). The van der Waals surface area contributed by atoms with Crippen molar-refractivity contribution in [1.82, 2.24) is 0 Å². The topological polar surface area (TPSA) is 17.1 Å². The van der Waals surface area contributed by atoms with Gasteiger partial charge in [-0.25, -0.2) is 0 Å². The van der Waals surface area contributed by atoms with Gasteiger partial charge in [-0.2, -0.15) is 0 Å². The van der Waals surface area contributed by atoms with Crippen LogP contribution in [-0.4, -0.2) is 5.78 Å². The molecule has 0 aliphatic rings. The van der Waals surface area contributed by atoms with Crippen molar-refractivity contribution in [3.05, 3.63) is 33.4 Å². The predicted molar refractivity (Wildman–Crippen MR) is 67.4 cm³/mol. The maximum absolute atomic E-state index is 11.1. The second-order valence-electron chi connectivity index (χ2n) is 3.34. The summed E-state index contributed by atoms with van der Waals surface area (Å²) >= 11 is 2.34. The summed E-state index contributed by atoms with van der Waals surface area (Å²) in [6.45, 7) is 1.93. The Morgan fingerprint density at radius 3 is 2.71 bits per heavy atom. The number of hydrogen-bond donors (Lipinski definition) is 0. The number of halogens is 1. The van der Waals surface area contributed by atoms with Gasteiger partial charge in [-0.05, 0) is 47.1 Å². The smallest absolute Gasteiger partial charge is 0.132 e. The van der Waals surface area contributed by atoms with Crippen LogP contribution in [0.15, 0.2) is 24.3 Å². The second-order valence-corrected chi connectivity index (χ2v) is 4.50. The van der Waals surface area contributed by atoms with Crippen LogP contribution in [0.5, 0.6) is 0 Å². The Hall–Kier alpha value is -0.380. The van der Waals surface area contributed by atoms with Gasteiger partial charge in [-0.15, -0.1) is 0 Å². The Labute approximate surface area is 99.0 Å².